The fraction of sp³-hybridized carbons (Fsp3) is 0.500. The van der Waals surface area contributed by atoms with Gasteiger partial charge in [-0.25, -0.2) is 13.4 Å². The summed E-state index contributed by atoms with van der Waals surface area (Å²) in [6.07, 6.45) is 2.94. The van der Waals surface area contributed by atoms with Crippen molar-refractivity contribution in [2.45, 2.75) is 44.8 Å². The Bertz CT molecular complexity index is 1030. The van der Waals surface area contributed by atoms with E-state index in [1.165, 1.54) is 0 Å². The number of ketones is 1. The number of aryl methyl sites for hydroxylation is 1. The number of likely N-dealkylation sites (tertiary alicyclic amines) is 1. The molecule has 0 unspecified atom stereocenters. The Hall–Kier alpha value is -2.68. The number of nitrogens with zero attached hydrogens (tertiary/aromatic N) is 2. The Morgan fingerprint density at radius 1 is 1.23 bits per heavy atom. The Balaban J connectivity index is 1.50. The van der Waals surface area contributed by atoms with E-state index in [1.54, 1.807) is 43.2 Å². The summed E-state index contributed by atoms with van der Waals surface area (Å²) >= 11 is 0. The van der Waals surface area contributed by atoms with Crippen LogP contribution in [-0.2, 0) is 25.2 Å². The van der Waals surface area contributed by atoms with Gasteiger partial charge in [0.1, 0.15) is 23.0 Å². The van der Waals surface area contributed by atoms with E-state index >= 15 is 0 Å². The average molecular weight is 449 g/mol. The summed E-state index contributed by atoms with van der Waals surface area (Å²) in [4.78, 5) is 29.9. The maximum absolute atomic E-state index is 12.5. The second-order valence-electron chi connectivity index (χ2n) is 7.76. The number of unbranched alkanes of at least 4 members (excludes halogenated alkanes) is 1. The van der Waals surface area contributed by atoms with Crippen LogP contribution in [0.5, 0.6) is 5.75 Å². The highest BCUT2D eigenvalue weighted by molar-refractivity contribution is 7.91. The predicted molar refractivity (Wildman–Crippen MR) is 115 cm³/mol. The lowest BCUT2D eigenvalue weighted by Crippen LogP contribution is -2.25. The fourth-order valence-electron chi connectivity index (χ4n) is 3.56. The third-order valence-electron chi connectivity index (χ3n) is 5.27. The van der Waals surface area contributed by atoms with Crippen molar-refractivity contribution in [2.24, 2.45) is 0 Å². The standard InChI is InChI=1S/C22H28N2O6S/c1-16-20(23-22(30-16)17-8-10-19(29-2)11-9-17)15-31(27,28)14-18(25)6-3-4-12-24-13-5-7-21(24)26/h8-11H,3-7,12-15H2,1-2H3. The first-order chi connectivity index (χ1) is 14.8. The zero-order chi connectivity index (χ0) is 22.4. The van der Waals surface area contributed by atoms with Crippen molar-refractivity contribution >= 4 is 21.5 Å². The minimum Gasteiger partial charge on any atom is -0.497 e. The largest absolute Gasteiger partial charge is 0.497 e. The zero-order valence-corrected chi connectivity index (χ0v) is 18.7. The number of ether oxygens (including phenoxy) is 1. The zero-order valence-electron chi connectivity index (χ0n) is 17.9. The molecule has 0 radical (unpaired) electrons. The van der Waals surface area contributed by atoms with Crippen molar-refractivity contribution in [1.82, 2.24) is 9.88 Å². The molecule has 9 heteroatoms. The Morgan fingerprint density at radius 3 is 2.61 bits per heavy atom. The molecular weight excluding hydrogens is 420 g/mol. The molecule has 1 aromatic heterocycles. The number of carbonyl (C=O) groups is 2. The number of hydrogen-bond donors (Lipinski definition) is 0. The molecule has 0 saturated carbocycles. The minimum absolute atomic E-state index is 0.158. The van der Waals surface area contributed by atoms with E-state index < -0.39 is 15.6 Å². The number of carbonyl (C=O) groups excluding carboxylic acids is 2. The van der Waals surface area contributed by atoms with Crippen LogP contribution in [0.15, 0.2) is 28.7 Å². The molecule has 0 bridgehead atoms. The van der Waals surface area contributed by atoms with Crippen LogP contribution in [0.25, 0.3) is 11.5 Å². The topological polar surface area (TPSA) is 107 Å². The van der Waals surface area contributed by atoms with Crippen LogP contribution in [-0.4, -0.2) is 55.9 Å². The lowest BCUT2D eigenvalue weighted by Gasteiger charge is -2.14. The van der Waals surface area contributed by atoms with Gasteiger partial charge in [-0.3, -0.25) is 9.59 Å². The summed E-state index contributed by atoms with van der Waals surface area (Å²) in [6.45, 7) is 3.06. The van der Waals surface area contributed by atoms with Gasteiger partial charge < -0.3 is 14.1 Å². The molecule has 1 saturated heterocycles. The van der Waals surface area contributed by atoms with E-state index in [9.17, 15) is 18.0 Å². The summed E-state index contributed by atoms with van der Waals surface area (Å²) in [5, 5.41) is 0. The van der Waals surface area contributed by atoms with Crippen LogP contribution in [0, 0.1) is 6.92 Å². The number of benzene rings is 1. The molecule has 1 aliphatic rings. The summed E-state index contributed by atoms with van der Waals surface area (Å²) < 4.78 is 35.8. The first kappa shape index (κ1) is 23.0. The molecule has 3 rings (SSSR count). The highest BCUT2D eigenvalue weighted by atomic mass is 32.2. The van der Waals surface area contributed by atoms with E-state index in [0.29, 0.717) is 54.5 Å². The van der Waals surface area contributed by atoms with Crippen LogP contribution in [0.1, 0.15) is 43.6 Å². The molecule has 0 N–H and O–H groups in total. The average Bonchev–Trinajstić information content (AvgIpc) is 3.30. The van der Waals surface area contributed by atoms with Gasteiger partial charge in [-0.05, 0) is 50.5 Å². The van der Waals surface area contributed by atoms with Crippen LogP contribution in [0.4, 0.5) is 0 Å². The first-order valence-electron chi connectivity index (χ1n) is 10.4. The molecule has 1 fully saturated rings. The van der Waals surface area contributed by atoms with Gasteiger partial charge in [0.25, 0.3) is 0 Å². The number of amides is 1. The van der Waals surface area contributed by atoms with Gasteiger partial charge in [-0.15, -0.1) is 0 Å². The maximum atomic E-state index is 12.5. The van der Waals surface area contributed by atoms with Crippen molar-refractivity contribution in [1.29, 1.82) is 0 Å². The van der Waals surface area contributed by atoms with Crippen molar-refractivity contribution in [3.63, 3.8) is 0 Å². The van der Waals surface area contributed by atoms with Gasteiger partial charge in [-0.2, -0.15) is 0 Å². The van der Waals surface area contributed by atoms with E-state index in [-0.39, 0.29) is 23.9 Å². The lowest BCUT2D eigenvalue weighted by molar-refractivity contribution is -0.127. The van der Waals surface area contributed by atoms with Gasteiger partial charge in [0.15, 0.2) is 9.84 Å². The second-order valence-corrected chi connectivity index (χ2v) is 9.83. The third kappa shape index (κ3) is 6.40. The molecule has 0 spiro atoms. The molecule has 31 heavy (non-hydrogen) atoms. The Morgan fingerprint density at radius 2 is 1.97 bits per heavy atom. The monoisotopic (exact) mass is 448 g/mol. The van der Waals surface area contributed by atoms with Crippen molar-refractivity contribution in [2.75, 3.05) is 26.0 Å². The Labute approximate surface area is 182 Å². The molecule has 1 aromatic carbocycles. The van der Waals surface area contributed by atoms with Crippen molar-refractivity contribution in [3.05, 3.63) is 35.7 Å². The molecule has 1 aliphatic heterocycles. The van der Waals surface area contributed by atoms with Crippen molar-refractivity contribution in [3.8, 4) is 17.2 Å². The van der Waals surface area contributed by atoms with Crippen LogP contribution < -0.4 is 4.74 Å². The van der Waals surface area contributed by atoms with E-state index in [0.717, 1.165) is 13.0 Å². The van der Waals surface area contributed by atoms with Gasteiger partial charge >= 0.3 is 0 Å². The molecule has 2 aromatic rings. The smallest absolute Gasteiger partial charge is 0.226 e. The fourth-order valence-corrected chi connectivity index (χ4v) is 4.98. The first-order valence-corrected chi connectivity index (χ1v) is 12.2. The number of methoxy groups -OCH3 is 1. The quantitative estimate of drug-likeness (QED) is 0.487. The number of oxazole rings is 1. The van der Waals surface area contributed by atoms with Gasteiger partial charge in [-0.1, -0.05) is 0 Å². The summed E-state index contributed by atoms with van der Waals surface area (Å²) in [5.41, 5.74) is 1.02. The Kier molecular flexibility index (Phi) is 7.48. The lowest BCUT2D eigenvalue weighted by atomic mass is 10.2. The minimum atomic E-state index is -3.65. The normalized spacial score (nSPS) is 14.3. The third-order valence-corrected chi connectivity index (χ3v) is 6.75. The van der Waals surface area contributed by atoms with E-state index in [1.807, 2.05) is 0 Å². The van der Waals surface area contributed by atoms with Gasteiger partial charge in [0.2, 0.25) is 11.8 Å². The molecule has 8 nitrogen and oxygen atoms in total. The second kappa shape index (κ2) is 10.1. The molecule has 0 aliphatic carbocycles. The number of aromatic nitrogens is 1. The number of hydrogen-bond acceptors (Lipinski definition) is 7. The van der Waals surface area contributed by atoms with E-state index in [4.69, 9.17) is 9.15 Å². The summed E-state index contributed by atoms with van der Waals surface area (Å²) in [6, 6.07) is 7.09. The van der Waals surface area contributed by atoms with Crippen LogP contribution in [0.3, 0.4) is 0 Å². The highest BCUT2D eigenvalue weighted by Gasteiger charge is 2.23. The van der Waals surface area contributed by atoms with Crippen LogP contribution >= 0.6 is 0 Å². The van der Waals surface area contributed by atoms with Gasteiger partial charge in [0, 0.05) is 31.5 Å². The highest BCUT2D eigenvalue weighted by Crippen LogP contribution is 2.25. The summed E-state index contributed by atoms with van der Waals surface area (Å²) in [7, 11) is -2.08. The molecule has 1 amide bonds. The summed E-state index contributed by atoms with van der Waals surface area (Å²) in [5.74, 6) is 0.424. The molecular formula is C22H28N2O6S. The van der Waals surface area contributed by atoms with Gasteiger partial charge in [0.05, 0.1) is 18.6 Å². The van der Waals surface area contributed by atoms with E-state index in [2.05, 4.69) is 4.98 Å². The molecule has 2 heterocycles. The van der Waals surface area contributed by atoms with Crippen LogP contribution in [0.2, 0.25) is 0 Å². The predicted octanol–water partition coefficient (Wildman–Crippen LogP) is 2.94. The number of Topliss-reactive ketones (excluding diaryl/α,β-unsaturated/α-hetero) is 1. The molecule has 168 valence electrons. The van der Waals surface area contributed by atoms with Crippen molar-refractivity contribution < 1.29 is 27.2 Å². The molecule has 0 atom stereocenters. The number of sulfone groups is 1. The SMILES string of the molecule is COc1ccc(-c2nc(CS(=O)(=O)CC(=O)CCCCN3CCCC3=O)c(C)o2)cc1. The maximum Gasteiger partial charge on any atom is 0.226 e. The number of rotatable bonds is 11.